The van der Waals surface area contributed by atoms with E-state index in [0.717, 1.165) is 40.9 Å². The van der Waals surface area contributed by atoms with Gasteiger partial charge in [0.2, 0.25) is 0 Å². The van der Waals surface area contributed by atoms with Gasteiger partial charge in [-0.2, -0.15) is 0 Å². The van der Waals surface area contributed by atoms with E-state index in [2.05, 4.69) is 172 Å². The Bertz CT molecular complexity index is 3200. The maximum atomic E-state index is 8.65. The first-order chi connectivity index (χ1) is 31.7. The van der Waals surface area contributed by atoms with Crippen molar-refractivity contribution in [2.75, 3.05) is 0 Å². The number of nitrogen functional groups attached to an aromatic ring is 1. The molecule has 8 aromatic carbocycles. The van der Waals surface area contributed by atoms with Gasteiger partial charge in [0.15, 0.2) is 0 Å². The van der Waals surface area contributed by atoms with E-state index in [1.807, 2.05) is 48.5 Å². The van der Waals surface area contributed by atoms with Crippen LogP contribution in [0.1, 0.15) is 87.2 Å². The topological polar surface area (TPSA) is 89.0 Å². The molecule has 3 aliphatic rings. The van der Waals surface area contributed by atoms with E-state index in [9.17, 15) is 0 Å². The van der Waals surface area contributed by atoms with Gasteiger partial charge in [0.25, 0.3) is 0 Å². The number of nitrogens with one attached hydrogen (secondary N) is 1. The molecule has 0 saturated carbocycles. The van der Waals surface area contributed by atoms with Crippen LogP contribution in [0.5, 0.6) is 0 Å². The Morgan fingerprint density at radius 3 is 1.77 bits per heavy atom. The molecule has 0 atom stereocenters. The highest BCUT2D eigenvalue weighted by Gasteiger charge is 2.53. The molecule has 0 aliphatic heterocycles. The third-order valence-electron chi connectivity index (χ3n) is 13.7. The minimum absolute atomic E-state index is 0.0966. The largest absolute Gasteiger partial charge is 0.460 e. The minimum Gasteiger partial charge on any atom is -0.460 e. The van der Waals surface area contributed by atoms with Gasteiger partial charge in [-0.1, -0.05) is 201 Å². The molecule has 318 valence electrons. The van der Waals surface area contributed by atoms with E-state index < -0.39 is 5.41 Å². The Balaban J connectivity index is 0.000000194. The summed E-state index contributed by atoms with van der Waals surface area (Å²) in [6, 6.07) is 68.5. The SMILES string of the molecule is CC1(C)c2ccccc2C2(c3ccc(C4=Cc5c(oc6ccccc56)CC4)cc3-c3c(C(=N)N)cccc32)c2ccccc21.Cc1ccccc1.NCc1ccc(-c2ccccc2)cc1. The molecular formula is C61H53N3O. The van der Waals surface area contributed by atoms with Crippen molar-refractivity contribution in [1.82, 2.24) is 0 Å². The number of hydrogen-bond acceptors (Lipinski definition) is 3. The van der Waals surface area contributed by atoms with Crippen molar-refractivity contribution in [3.63, 3.8) is 0 Å². The molecule has 1 spiro atoms. The molecule has 0 bridgehead atoms. The van der Waals surface area contributed by atoms with Gasteiger partial charge in [-0.05, 0) is 104 Å². The molecule has 4 heteroatoms. The predicted octanol–water partition coefficient (Wildman–Crippen LogP) is 14.0. The lowest BCUT2D eigenvalue weighted by Crippen LogP contribution is -2.40. The van der Waals surface area contributed by atoms with E-state index in [-0.39, 0.29) is 11.3 Å². The number of para-hydroxylation sites is 1. The first kappa shape index (κ1) is 41.5. The Morgan fingerprint density at radius 1 is 0.569 bits per heavy atom. The van der Waals surface area contributed by atoms with E-state index in [1.165, 1.54) is 77.7 Å². The lowest BCUT2D eigenvalue weighted by molar-refractivity contribution is 0.548. The molecule has 0 radical (unpaired) electrons. The maximum Gasteiger partial charge on any atom is 0.134 e. The molecule has 65 heavy (non-hydrogen) atoms. The highest BCUT2D eigenvalue weighted by molar-refractivity contribution is 6.06. The van der Waals surface area contributed by atoms with Crippen LogP contribution in [0.2, 0.25) is 0 Å². The molecule has 0 unspecified atom stereocenters. The van der Waals surface area contributed by atoms with Crippen LogP contribution < -0.4 is 11.5 Å². The average molecular weight is 844 g/mol. The fourth-order valence-electron chi connectivity index (χ4n) is 10.6. The number of aryl methyl sites for hydroxylation is 2. The molecule has 5 N–H and O–H groups in total. The zero-order valence-electron chi connectivity index (χ0n) is 37.2. The lowest BCUT2D eigenvalue weighted by atomic mass is 9.55. The summed E-state index contributed by atoms with van der Waals surface area (Å²) in [7, 11) is 0. The quantitative estimate of drug-likeness (QED) is 0.122. The molecule has 0 saturated heterocycles. The number of fused-ring (bicyclic) bond motifs is 12. The van der Waals surface area contributed by atoms with Crippen LogP contribution in [0.25, 0.3) is 44.9 Å². The second kappa shape index (κ2) is 16.9. The fourth-order valence-corrected chi connectivity index (χ4v) is 10.6. The standard InChI is InChI=1S/C41H32N2O.C13H13N.C7H8/c1-40(2)31-12-4-6-14-33(31)41(34-15-7-5-13-32(34)40)30-20-18-24(23-29(30)38-27(39(42)43)11-9-16-35(38)41)25-19-21-37-28(22-25)26-10-3-8-17-36(26)44-37;14-10-11-6-8-13(9-7-11)12-4-2-1-3-5-12;1-7-5-3-2-4-6-7/h3-18,20,22-23H,19,21H2,1-2H3,(H3,42,43);1-9H,10,14H2;2-6H,1H3. The van der Waals surface area contributed by atoms with Gasteiger partial charge in [-0.15, -0.1) is 0 Å². The molecule has 1 aromatic heterocycles. The van der Waals surface area contributed by atoms with Crippen molar-refractivity contribution in [1.29, 1.82) is 5.41 Å². The summed E-state index contributed by atoms with van der Waals surface area (Å²) in [5.74, 6) is 1.16. The molecule has 12 rings (SSSR count). The van der Waals surface area contributed by atoms with Gasteiger partial charge < -0.3 is 15.9 Å². The predicted molar refractivity (Wildman–Crippen MR) is 270 cm³/mol. The fraction of sp³-hybridized carbons (Fsp3) is 0.131. The summed E-state index contributed by atoms with van der Waals surface area (Å²) in [5.41, 5.74) is 31.6. The van der Waals surface area contributed by atoms with Gasteiger partial charge in [0.05, 0.1) is 5.41 Å². The third-order valence-corrected chi connectivity index (χ3v) is 13.7. The normalized spacial score (nSPS) is 14.2. The van der Waals surface area contributed by atoms with Crippen molar-refractivity contribution < 1.29 is 4.42 Å². The van der Waals surface area contributed by atoms with Gasteiger partial charge in [0, 0.05) is 34.9 Å². The first-order valence-corrected chi connectivity index (χ1v) is 22.6. The number of allylic oxidation sites excluding steroid dienone is 1. The number of nitrogens with two attached hydrogens (primary N) is 2. The number of amidine groups is 1. The van der Waals surface area contributed by atoms with E-state index in [4.69, 9.17) is 21.3 Å². The molecule has 3 aliphatic carbocycles. The minimum atomic E-state index is -0.508. The van der Waals surface area contributed by atoms with Gasteiger partial charge in [0.1, 0.15) is 17.2 Å². The van der Waals surface area contributed by atoms with Crippen LogP contribution in [-0.4, -0.2) is 5.84 Å². The van der Waals surface area contributed by atoms with Crippen LogP contribution in [0.15, 0.2) is 199 Å². The van der Waals surface area contributed by atoms with Crippen LogP contribution in [0.4, 0.5) is 0 Å². The molecule has 0 fully saturated rings. The highest BCUT2D eigenvalue weighted by atomic mass is 16.3. The van der Waals surface area contributed by atoms with Gasteiger partial charge >= 0.3 is 0 Å². The zero-order valence-corrected chi connectivity index (χ0v) is 37.2. The summed E-state index contributed by atoms with van der Waals surface area (Å²) in [6.45, 7) is 7.37. The summed E-state index contributed by atoms with van der Waals surface area (Å²) < 4.78 is 6.21. The van der Waals surface area contributed by atoms with Crippen molar-refractivity contribution in [3.8, 4) is 22.3 Å². The van der Waals surface area contributed by atoms with E-state index >= 15 is 0 Å². The Labute approximate surface area is 382 Å². The monoisotopic (exact) mass is 843 g/mol. The second-order valence-corrected chi connectivity index (χ2v) is 17.9. The summed E-state index contributed by atoms with van der Waals surface area (Å²) >= 11 is 0. The maximum absolute atomic E-state index is 8.65. The summed E-state index contributed by atoms with van der Waals surface area (Å²) in [6.07, 6.45) is 4.11. The average Bonchev–Trinajstić information content (AvgIpc) is 3.87. The van der Waals surface area contributed by atoms with Crippen LogP contribution in [0, 0.1) is 12.3 Å². The van der Waals surface area contributed by atoms with Crippen molar-refractivity contribution in [2.24, 2.45) is 11.5 Å². The third kappa shape index (κ3) is 7.11. The molecular weight excluding hydrogens is 791 g/mol. The lowest BCUT2D eigenvalue weighted by Gasteiger charge is -2.46. The smallest absolute Gasteiger partial charge is 0.134 e. The first-order valence-electron chi connectivity index (χ1n) is 22.6. The van der Waals surface area contributed by atoms with Gasteiger partial charge in [-0.25, -0.2) is 0 Å². The number of hydrogen-bond donors (Lipinski definition) is 3. The molecule has 0 amide bonds. The van der Waals surface area contributed by atoms with E-state index in [0.29, 0.717) is 6.54 Å². The van der Waals surface area contributed by atoms with E-state index in [1.54, 1.807) is 0 Å². The number of furan rings is 1. The molecule has 4 nitrogen and oxygen atoms in total. The van der Waals surface area contributed by atoms with Crippen LogP contribution in [-0.2, 0) is 23.8 Å². The van der Waals surface area contributed by atoms with Crippen molar-refractivity contribution in [3.05, 3.63) is 261 Å². The molecule has 9 aromatic rings. The summed E-state index contributed by atoms with van der Waals surface area (Å²) in [4.78, 5) is 0. The number of rotatable bonds is 4. The Hall–Kier alpha value is -7.53. The van der Waals surface area contributed by atoms with Crippen molar-refractivity contribution in [2.45, 2.75) is 51.0 Å². The summed E-state index contributed by atoms with van der Waals surface area (Å²) in [5, 5.41) is 9.81. The number of benzene rings is 8. The van der Waals surface area contributed by atoms with Crippen molar-refractivity contribution >= 4 is 28.5 Å². The Kier molecular flexibility index (Phi) is 10.8. The van der Waals surface area contributed by atoms with Crippen LogP contribution in [0.3, 0.4) is 0 Å². The molecule has 1 heterocycles. The van der Waals surface area contributed by atoms with Crippen LogP contribution >= 0.6 is 0 Å². The second-order valence-electron chi connectivity index (χ2n) is 17.9. The van der Waals surface area contributed by atoms with Gasteiger partial charge in [-0.3, -0.25) is 5.41 Å². The Morgan fingerprint density at radius 2 is 1.14 bits per heavy atom. The highest BCUT2D eigenvalue weighted by Crippen LogP contribution is 2.63. The zero-order chi connectivity index (χ0) is 44.7.